The molecule has 0 aliphatic carbocycles. The lowest BCUT2D eigenvalue weighted by atomic mass is 10.1. The van der Waals surface area contributed by atoms with Crippen LogP contribution in [0.25, 0.3) is 0 Å². The molecule has 0 radical (unpaired) electrons. The summed E-state index contributed by atoms with van der Waals surface area (Å²) in [6, 6.07) is 3.46. The number of hydrogen-bond donors (Lipinski definition) is 2. The first kappa shape index (κ1) is 13.6. The van der Waals surface area contributed by atoms with Crippen LogP contribution in [0.2, 0.25) is 0 Å². The van der Waals surface area contributed by atoms with Crippen LogP contribution in [0.15, 0.2) is 18.2 Å². The fourth-order valence-corrected chi connectivity index (χ4v) is 1.32. The van der Waals surface area contributed by atoms with Crippen molar-refractivity contribution in [1.82, 2.24) is 5.32 Å². The lowest BCUT2D eigenvalue weighted by Crippen LogP contribution is -2.30. The van der Waals surface area contributed by atoms with Gasteiger partial charge in [-0.25, -0.2) is 8.78 Å². The van der Waals surface area contributed by atoms with E-state index >= 15 is 0 Å². The number of amides is 1. The number of halogens is 2. The number of carbonyl (C=O) groups is 1. The van der Waals surface area contributed by atoms with Crippen LogP contribution in [0.3, 0.4) is 0 Å². The predicted molar refractivity (Wildman–Crippen MR) is 62.7 cm³/mol. The molecule has 3 nitrogen and oxygen atoms in total. The van der Waals surface area contributed by atoms with Gasteiger partial charge < -0.3 is 10.6 Å². The van der Waals surface area contributed by atoms with Crippen molar-refractivity contribution in [2.75, 3.05) is 18.4 Å². The summed E-state index contributed by atoms with van der Waals surface area (Å²) in [5.74, 6) is -2.30. The molecule has 1 aromatic carbocycles. The fourth-order valence-electron chi connectivity index (χ4n) is 1.32. The highest BCUT2D eigenvalue weighted by atomic mass is 19.1. The molecule has 1 unspecified atom stereocenters. The van der Waals surface area contributed by atoms with Crippen LogP contribution >= 0.6 is 0 Å². The van der Waals surface area contributed by atoms with Crippen molar-refractivity contribution in [2.24, 2.45) is 5.92 Å². The molecule has 0 bridgehead atoms. The maximum Gasteiger partial charge on any atom is 0.228 e. The Kier molecular flexibility index (Phi) is 5.03. The third-order valence-corrected chi connectivity index (χ3v) is 2.36. The zero-order valence-corrected chi connectivity index (χ0v) is 9.89. The third kappa shape index (κ3) is 3.78. The van der Waals surface area contributed by atoms with E-state index in [9.17, 15) is 13.6 Å². The fraction of sp³-hybridized carbons (Fsp3) is 0.417. The normalized spacial score (nSPS) is 12.2. The van der Waals surface area contributed by atoms with Crippen LogP contribution < -0.4 is 10.6 Å². The Labute approximate surface area is 99.2 Å². The third-order valence-electron chi connectivity index (χ3n) is 2.36. The summed E-state index contributed by atoms with van der Waals surface area (Å²) in [6.07, 6.45) is 0. The van der Waals surface area contributed by atoms with Gasteiger partial charge in [0.25, 0.3) is 0 Å². The monoisotopic (exact) mass is 242 g/mol. The van der Waals surface area contributed by atoms with Crippen molar-refractivity contribution in [3.05, 3.63) is 29.8 Å². The Morgan fingerprint density at radius 2 is 1.94 bits per heavy atom. The van der Waals surface area contributed by atoms with Gasteiger partial charge in [-0.2, -0.15) is 0 Å². The maximum atomic E-state index is 13.3. The molecule has 5 heteroatoms. The smallest absolute Gasteiger partial charge is 0.228 e. The van der Waals surface area contributed by atoms with Gasteiger partial charge in [0, 0.05) is 12.5 Å². The van der Waals surface area contributed by atoms with Gasteiger partial charge in [0.1, 0.15) is 17.3 Å². The van der Waals surface area contributed by atoms with E-state index in [1.807, 2.05) is 6.92 Å². The average Bonchev–Trinajstić information content (AvgIpc) is 2.30. The summed E-state index contributed by atoms with van der Waals surface area (Å²) in [6.45, 7) is 4.82. The average molecular weight is 242 g/mol. The lowest BCUT2D eigenvalue weighted by Gasteiger charge is -2.13. The Bertz CT molecular complexity index is 376. The SMILES string of the molecule is CCNCC(C)C(=O)Nc1c(F)cccc1F. The van der Waals surface area contributed by atoms with E-state index in [0.717, 1.165) is 18.7 Å². The number of carbonyl (C=O) groups excluding carboxylic acids is 1. The van der Waals surface area contributed by atoms with E-state index in [0.29, 0.717) is 6.54 Å². The lowest BCUT2D eigenvalue weighted by molar-refractivity contribution is -0.119. The second-order valence-corrected chi connectivity index (χ2v) is 3.79. The largest absolute Gasteiger partial charge is 0.321 e. The van der Waals surface area contributed by atoms with Crippen LogP contribution in [0, 0.1) is 17.6 Å². The zero-order valence-electron chi connectivity index (χ0n) is 9.89. The molecular weight excluding hydrogens is 226 g/mol. The molecular formula is C12H16F2N2O. The minimum absolute atomic E-state index is 0.353. The van der Waals surface area contributed by atoms with E-state index in [4.69, 9.17) is 0 Å². The molecule has 94 valence electrons. The Balaban J connectivity index is 2.68. The molecule has 0 aromatic heterocycles. The predicted octanol–water partition coefficient (Wildman–Crippen LogP) is 2.15. The number of anilines is 1. The van der Waals surface area contributed by atoms with Gasteiger partial charge in [0.05, 0.1) is 0 Å². The van der Waals surface area contributed by atoms with Gasteiger partial charge in [-0.3, -0.25) is 4.79 Å². The quantitative estimate of drug-likeness (QED) is 0.830. The summed E-state index contributed by atoms with van der Waals surface area (Å²) >= 11 is 0. The highest BCUT2D eigenvalue weighted by Crippen LogP contribution is 2.18. The van der Waals surface area contributed by atoms with Crippen molar-refractivity contribution in [1.29, 1.82) is 0 Å². The molecule has 0 heterocycles. The van der Waals surface area contributed by atoms with Crippen LogP contribution in [-0.2, 0) is 4.79 Å². The van der Waals surface area contributed by atoms with E-state index in [1.165, 1.54) is 6.07 Å². The van der Waals surface area contributed by atoms with Gasteiger partial charge in [-0.15, -0.1) is 0 Å². The van der Waals surface area contributed by atoms with Crippen molar-refractivity contribution in [3.63, 3.8) is 0 Å². The molecule has 0 spiro atoms. The second kappa shape index (κ2) is 6.30. The minimum Gasteiger partial charge on any atom is -0.321 e. The molecule has 17 heavy (non-hydrogen) atoms. The first-order valence-corrected chi connectivity index (χ1v) is 5.51. The van der Waals surface area contributed by atoms with Crippen molar-refractivity contribution < 1.29 is 13.6 Å². The first-order chi connectivity index (χ1) is 8.06. The van der Waals surface area contributed by atoms with Gasteiger partial charge in [-0.1, -0.05) is 19.9 Å². The molecule has 2 N–H and O–H groups in total. The highest BCUT2D eigenvalue weighted by Gasteiger charge is 2.16. The van der Waals surface area contributed by atoms with E-state index in [-0.39, 0.29) is 11.6 Å². The molecule has 0 saturated heterocycles. The van der Waals surface area contributed by atoms with Crippen molar-refractivity contribution in [3.8, 4) is 0 Å². The molecule has 0 saturated carbocycles. The maximum absolute atomic E-state index is 13.3. The number of nitrogens with one attached hydrogen (secondary N) is 2. The summed E-state index contributed by atoms with van der Waals surface area (Å²) in [5.41, 5.74) is -0.388. The number of rotatable bonds is 5. The molecule has 0 aliphatic rings. The standard InChI is InChI=1S/C12H16F2N2O/c1-3-15-7-8(2)12(17)16-11-9(13)5-4-6-10(11)14/h4-6,8,15H,3,7H2,1-2H3,(H,16,17). The first-order valence-electron chi connectivity index (χ1n) is 5.51. The van der Waals surface area contributed by atoms with Crippen molar-refractivity contribution in [2.45, 2.75) is 13.8 Å². The highest BCUT2D eigenvalue weighted by molar-refractivity contribution is 5.92. The van der Waals surface area contributed by atoms with E-state index in [2.05, 4.69) is 10.6 Å². The molecule has 1 atom stereocenters. The van der Waals surface area contributed by atoms with Gasteiger partial charge in [0.15, 0.2) is 0 Å². The van der Waals surface area contributed by atoms with Crippen LogP contribution in [0.1, 0.15) is 13.8 Å². The molecule has 1 rings (SSSR count). The van der Waals surface area contributed by atoms with Crippen LogP contribution in [0.5, 0.6) is 0 Å². The van der Waals surface area contributed by atoms with Gasteiger partial charge in [0.2, 0.25) is 5.91 Å². The summed E-state index contributed by atoms with van der Waals surface area (Å²) in [4.78, 5) is 11.6. The molecule has 0 aliphatic heterocycles. The number of para-hydroxylation sites is 1. The topological polar surface area (TPSA) is 41.1 Å². The van der Waals surface area contributed by atoms with Gasteiger partial charge in [-0.05, 0) is 18.7 Å². The minimum atomic E-state index is -0.769. The Morgan fingerprint density at radius 3 is 2.47 bits per heavy atom. The zero-order chi connectivity index (χ0) is 12.8. The summed E-state index contributed by atoms with van der Waals surface area (Å²) in [7, 11) is 0. The number of hydrogen-bond acceptors (Lipinski definition) is 2. The molecule has 0 fully saturated rings. The van der Waals surface area contributed by atoms with Crippen LogP contribution in [0.4, 0.5) is 14.5 Å². The molecule has 1 aromatic rings. The number of benzene rings is 1. The summed E-state index contributed by atoms with van der Waals surface area (Å²) in [5, 5.41) is 5.25. The Morgan fingerprint density at radius 1 is 1.35 bits per heavy atom. The second-order valence-electron chi connectivity index (χ2n) is 3.79. The van der Waals surface area contributed by atoms with Crippen LogP contribution in [-0.4, -0.2) is 19.0 Å². The van der Waals surface area contributed by atoms with E-state index < -0.39 is 17.5 Å². The summed E-state index contributed by atoms with van der Waals surface area (Å²) < 4.78 is 26.5. The Hall–Kier alpha value is -1.49. The van der Waals surface area contributed by atoms with E-state index in [1.54, 1.807) is 6.92 Å². The molecule has 1 amide bonds. The van der Waals surface area contributed by atoms with Crippen molar-refractivity contribution >= 4 is 11.6 Å². The van der Waals surface area contributed by atoms with Gasteiger partial charge >= 0.3 is 0 Å².